The Bertz CT molecular complexity index is 914. The maximum Gasteiger partial charge on any atom is 0.409 e. The van der Waals surface area contributed by atoms with Crippen molar-refractivity contribution in [3.63, 3.8) is 0 Å². The van der Waals surface area contributed by atoms with Crippen LogP contribution in [0.2, 0.25) is 0 Å². The van der Waals surface area contributed by atoms with E-state index in [1.165, 1.54) is 4.90 Å². The largest absolute Gasteiger partial charge is 0.449 e. The molecule has 2 fully saturated rings. The molecule has 0 atom stereocenters. The zero-order valence-corrected chi connectivity index (χ0v) is 18.8. The number of amides is 4. The number of fused-ring (bicyclic) bond motifs is 1. The average Bonchev–Trinajstić information content (AvgIpc) is 3.07. The van der Waals surface area contributed by atoms with Crippen LogP contribution in [0.4, 0.5) is 4.79 Å². The molecule has 2 aliphatic heterocycles. The highest BCUT2D eigenvalue weighted by Gasteiger charge is 2.40. The van der Waals surface area contributed by atoms with Crippen LogP contribution < -0.4 is 0 Å². The van der Waals surface area contributed by atoms with E-state index in [4.69, 9.17) is 4.74 Å². The lowest BCUT2D eigenvalue weighted by Gasteiger charge is -2.34. The fraction of sp³-hybridized carbons (Fsp3) is 0.583. The van der Waals surface area contributed by atoms with E-state index < -0.39 is 0 Å². The Balaban J connectivity index is 1.40. The molecule has 0 bridgehead atoms. The van der Waals surface area contributed by atoms with Crippen LogP contribution in [0.3, 0.4) is 0 Å². The first kappa shape index (κ1) is 22.3. The maximum atomic E-state index is 13.0. The molecule has 0 radical (unpaired) electrons. The van der Waals surface area contributed by atoms with Crippen LogP contribution in [0.5, 0.6) is 0 Å². The van der Waals surface area contributed by atoms with Crippen molar-refractivity contribution in [2.45, 2.75) is 52.0 Å². The van der Waals surface area contributed by atoms with Crippen molar-refractivity contribution >= 4 is 23.8 Å². The van der Waals surface area contributed by atoms with Crippen molar-refractivity contribution in [3.05, 3.63) is 34.9 Å². The zero-order chi connectivity index (χ0) is 22.8. The first-order chi connectivity index (χ1) is 15.4. The molecule has 32 heavy (non-hydrogen) atoms. The third kappa shape index (κ3) is 4.36. The minimum atomic E-state index is -0.352. The van der Waals surface area contributed by atoms with Crippen molar-refractivity contribution in [2.24, 2.45) is 5.92 Å². The first-order valence-corrected chi connectivity index (χ1v) is 11.6. The molecule has 1 saturated heterocycles. The van der Waals surface area contributed by atoms with Crippen LogP contribution in [0.15, 0.2) is 18.2 Å². The van der Waals surface area contributed by atoms with E-state index in [9.17, 15) is 19.2 Å². The minimum Gasteiger partial charge on any atom is -0.449 e. The number of carbonyl (C=O) groups is 4. The predicted octanol–water partition coefficient (Wildman–Crippen LogP) is 3.17. The topological polar surface area (TPSA) is 87.2 Å². The van der Waals surface area contributed by atoms with Gasteiger partial charge in [-0.25, -0.2) is 4.79 Å². The Labute approximate surface area is 188 Å². The summed E-state index contributed by atoms with van der Waals surface area (Å²) in [5, 5.41) is 0. The number of hydrogen-bond acceptors (Lipinski definition) is 5. The molecule has 172 valence electrons. The molecule has 0 N–H and O–H groups in total. The van der Waals surface area contributed by atoms with Gasteiger partial charge in [-0.15, -0.1) is 0 Å². The van der Waals surface area contributed by atoms with E-state index in [-0.39, 0.29) is 35.8 Å². The van der Waals surface area contributed by atoms with E-state index in [1.54, 1.807) is 28.0 Å². The van der Waals surface area contributed by atoms with Gasteiger partial charge in [-0.1, -0.05) is 33.1 Å². The third-order valence-electron chi connectivity index (χ3n) is 6.47. The van der Waals surface area contributed by atoms with E-state index in [2.05, 4.69) is 0 Å². The van der Waals surface area contributed by atoms with Gasteiger partial charge in [0.15, 0.2) is 0 Å². The fourth-order valence-corrected chi connectivity index (χ4v) is 4.67. The second-order valence-corrected chi connectivity index (χ2v) is 9.28. The maximum absolute atomic E-state index is 13.0. The molecule has 4 rings (SSSR count). The number of nitrogens with zero attached hydrogens (tertiary/aromatic N) is 3. The number of piperazine rings is 1. The van der Waals surface area contributed by atoms with Crippen molar-refractivity contribution in [1.29, 1.82) is 0 Å². The van der Waals surface area contributed by atoms with E-state index in [1.807, 2.05) is 13.8 Å². The first-order valence-electron chi connectivity index (χ1n) is 11.6. The summed E-state index contributed by atoms with van der Waals surface area (Å²) >= 11 is 0. The van der Waals surface area contributed by atoms with Crippen molar-refractivity contribution < 1.29 is 23.9 Å². The molecule has 8 heteroatoms. The van der Waals surface area contributed by atoms with E-state index in [0.717, 1.165) is 32.1 Å². The molecule has 1 aromatic carbocycles. The quantitative estimate of drug-likeness (QED) is 0.670. The molecule has 2 heterocycles. The highest BCUT2D eigenvalue weighted by molar-refractivity contribution is 6.22. The number of imide groups is 1. The molecular weight excluding hydrogens is 410 g/mol. The lowest BCUT2D eigenvalue weighted by Crippen LogP contribution is -2.50. The molecule has 1 aromatic rings. The summed E-state index contributed by atoms with van der Waals surface area (Å²) in [4.78, 5) is 55.7. The van der Waals surface area contributed by atoms with Gasteiger partial charge in [-0.2, -0.15) is 0 Å². The Morgan fingerprint density at radius 2 is 1.56 bits per heavy atom. The minimum absolute atomic E-state index is 0.0427. The monoisotopic (exact) mass is 441 g/mol. The summed E-state index contributed by atoms with van der Waals surface area (Å²) in [7, 11) is 0. The summed E-state index contributed by atoms with van der Waals surface area (Å²) in [5.74, 6) is -0.460. The van der Waals surface area contributed by atoms with Crippen LogP contribution in [0.25, 0.3) is 0 Å². The SMILES string of the molecule is CC(C)COC(=O)N1CCN(C(=O)c2ccc3c(c2)C(=O)N(C2CCCCC2)C3=O)CC1. The van der Waals surface area contributed by atoms with Crippen LogP contribution in [-0.4, -0.2) is 77.3 Å². The fourth-order valence-electron chi connectivity index (χ4n) is 4.67. The van der Waals surface area contributed by atoms with Crippen molar-refractivity contribution in [1.82, 2.24) is 14.7 Å². The molecule has 3 aliphatic rings. The Morgan fingerprint density at radius 3 is 2.22 bits per heavy atom. The number of rotatable bonds is 4. The predicted molar refractivity (Wildman–Crippen MR) is 117 cm³/mol. The Hall–Kier alpha value is -2.90. The van der Waals surface area contributed by atoms with Gasteiger partial charge in [0.1, 0.15) is 0 Å². The number of hydrogen-bond donors (Lipinski definition) is 0. The molecular formula is C24H31N3O5. The van der Waals surface area contributed by atoms with Crippen LogP contribution >= 0.6 is 0 Å². The standard InChI is InChI=1S/C24H31N3O5/c1-16(2)15-32-24(31)26-12-10-25(11-13-26)21(28)17-8-9-19-20(14-17)23(30)27(22(19)29)18-6-4-3-5-7-18/h8-9,14,16,18H,3-7,10-13,15H2,1-2H3. The van der Waals surface area contributed by atoms with Gasteiger partial charge < -0.3 is 14.5 Å². The van der Waals surface area contributed by atoms with Crippen LogP contribution in [-0.2, 0) is 4.74 Å². The highest BCUT2D eigenvalue weighted by atomic mass is 16.6. The van der Waals surface area contributed by atoms with Gasteiger partial charge in [-0.3, -0.25) is 19.3 Å². The second-order valence-electron chi connectivity index (χ2n) is 9.28. The molecule has 0 unspecified atom stereocenters. The normalized spacial score (nSPS) is 19.5. The molecule has 8 nitrogen and oxygen atoms in total. The van der Waals surface area contributed by atoms with Crippen LogP contribution in [0.1, 0.15) is 77.0 Å². The van der Waals surface area contributed by atoms with Crippen LogP contribution in [0, 0.1) is 5.92 Å². The molecule has 4 amide bonds. The second kappa shape index (κ2) is 9.30. The lowest BCUT2D eigenvalue weighted by molar-refractivity contribution is 0.0535. The van der Waals surface area contributed by atoms with Gasteiger partial charge in [0.25, 0.3) is 17.7 Å². The average molecular weight is 442 g/mol. The Kier molecular flexibility index (Phi) is 6.48. The van der Waals surface area contributed by atoms with Gasteiger partial charge in [-0.05, 0) is 37.0 Å². The zero-order valence-electron chi connectivity index (χ0n) is 18.8. The smallest absolute Gasteiger partial charge is 0.409 e. The summed E-state index contributed by atoms with van der Waals surface area (Å²) in [6, 6.07) is 4.74. The number of carbonyl (C=O) groups excluding carboxylic acids is 4. The summed E-state index contributed by atoms with van der Waals surface area (Å²) in [6.45, 7) is 5.93. The molecule has 0 aromatic heterocycles. The van der Waals surface area contributed by atoms with Crippen molar-refractivity contribution in [3.8, 4) is 0 Å². The summed E-state index contributed by atoms with van der Waals surface area (Å²) in [6.07, 6.45) is 4.54. The summed E-state index contributed by atoms with van der Waals surface area (Å²) < 4.78 is 5.27. The number of ether oxygens (including phenoxy) is 1. The molecule has 1 aliphatic carbocycles. The van der Waals surface area contributed by atoms with E-state index >= 15 is 0 Å². The van der Waals surface area contributed by atoms with Gasteiger partial charge in [0, 0.05) is 37.8 Å². The number of benzene rings is 1. The molecule has 1 saturated carbocycles. The van der Waals surface area contributed by atoms with Gasteiger partial charge in [0.05, 0.1) is 17.7 Å². The molecule has 0 spiro atoms. The summed E-state index contributed by atoms with van der Waals surface area (Å²) in [5.41, 5.74) is 1.10. The van der Waals surface area contributed by atoms with Crippen molar-refractivity contribution in [2.75, 3.05) is 32.8 Å². The van der Waals surface area contributed by atoms with E-state index in [0.29, 0.717) is 49.5 Å². The Morgan fingerprint density at radius 1 is 0.938 bits per heavy atom. The van der Waals surface area contributed by atoms with Gasteiger partial charge in [0.2, 0.25) is 0 Å². The highest BCUT2D eigenvalue weighted by Crippen LogP contribution is 2.31. The lowest BCUT2D eigenvalue weighted by atomic mass is 9.94. The third-order valence-corrected chi connectivity index (χ3v) is 6.47. The van der Waals surface area contributed by atoms with Gasteiger partial charge >= 0.3 is 6.09 Å².